The third-order valence-corrected chi connectivity index (χ3v) is 12.9. The summed E-state index contributed by atoms with van der Waals surface area (Å²) in [4.78, 5) is 45.0. The molecule has 0 spiro atoms. The van der Waals surface area contributed by atoms with E-state index < -0.39 is 37.9 Å². The van der Waals surface area contributed by atoms with Crippen molar-refractivity contribution in [2.75, 3.05) is 18.5 Å². The highest BCUT2D eigenvalue weighted by atomic mass is 28.4. The minimum Gasteiger partial charge on any atom is -0.415 e. The molecule has 4 aromatic rings. The molecular formula is C33H41FN6O4Si. The van der Waals surface area contributed by atoms with Crippen LogP contribution < -0.4 is 11.1 Å². The van der Waals surface area contributed by atoms with Gasteiger partial charge in [-0.15, -0.1) is 0 Å². The minimum atomic E-state index is -2.18. The molecule has 3 amide bonds. The van der Waals surface area contributed by atoms with Crippen molar-refractivity contribution in [2.45, 2.75) is 65.3 Å². The number of hydrogen-bond donors (Lipinski definition) is 2. The summed E-state index contributed by atoms with van der Waals surface area (Å²) in [6.07, 6.45) is 1.58. The summed E-state index contributed by atoms with van der Waals surface area (Å²) in [6.45, 7) is 13.8. The number of primary amides is 1. The number of nitrogens with two attached hydrogens (primary N) is 1. The van der Waals surface area contributed by atoms with Crippen LogP contribution in [-0.4, -0.2) is 64.9 Å². The van der Waals surface area contributed by atoms with Crippen LogP contribution in [-0.2, 0) is 20.6 Å². The standard InChI is InChI=1S/C33H41FN6O4Si/c1-21-12-11-17-36-30(21)24-14-10-15-25(29(24)34)37-27(41)18-39(22(2)20-44-45(6,7)33(3,4)5)28(42)19-40-26-16-9-8-13-23(26)31(38-40)32(35)43/h8-17,22H,18-20H2,1-7H3,(H2,35,43)(H,37,41). The van der Waals surface area contributed by atoms with Crippen molar-refractivity contribution in [3.8, 4) is 11.3 Å². The first-order valence-corrected chi connectivity index (χ1v) is 17.7. The molecule has 0 fully saturated rings. The Morgan fingerprint density at radius 3 is 2.47 bits per heavy atom. The SMILES string of the molecule is Cc1cccnc1-c1cccc(NC(=O)CN(C(=O)Cn2nc(C(N)=O)c3ccccc32)C(C)CO[Si](C)(C)C(C)(C)C)c1F. The molecule has 45 heavy (non-hydrogen) atoms. The fraction of sp³-hybridized carbons (Fsp3) is 0.364. The molecule has 0 aliphatic rings. The molecule has 0 saturated carbocycles. The van der Waals surface area contributed by atoms with E-state index in [4.69, 9.17) is 10.2 Å². The van der Waals surface area contributed by atoms with Crippen molar-refractivity contribution in [3.63, 3.8) is 0 Å². The maximum atomic E-state index is 15.6. The molecule has 2 heterocycles. The van der Waals surface area contributed by atoms with E-state index in [2.05, 4.69) is 49.3 Å². The Balaban J connectivity index is 1.61. The van der Waals surface area contributed by atoms with Gasteiger partial charge in [0.2, 0.25) is 11.8 Å². The molecule has 2 aromatic carbocycles. The van der Waals surface area contributed by atoms with Gasteiger partial charge >= 0.3 is 0 Å². The lowest BCUT2D eigenvalue weighted by atomic mass is 10.1. The number of anilines is 1. The number of aromatic nitrogens is 3. The largest absolute Gasteiger partial charge is 0.415 e. The summed E-state index contributed by atoms with van der Waals surface area (Å²) in [5.41, 5.74) is 7.64. The lowest BCUT2D eigenvalue weighted by Crippen LogP contribution is -2.50. The van der Waals surface area contributed by atoms with Gasteiger partial charge in [0, 0.05) is 17.1 Å². The number of hydrogen-bond acceptors (Lipinski definition) is 6. The Morgan fingerprint density at radius 2 is 1.80 bits per heavy atom. The fourth-order valence-corrected chi connectivity index (χ4v) is 5.79. The van der Waals surface area contributed by atoms with E-state index in [0.717, 1.165) is 5.56 Å². The molecular weight excluding hydrogens is 591 g/mol. The van der Waals surface area contributed by atoms with Gasteiger partial charge in [-0.25, -0.2) is 4.39 Å². The predicted octanol–water partition coefficient (Wildman–Crippen LogP) is 5.52. The minimum absolute atomic E-state index is 0.0238. The van der Waals surface area contributed by atoms with Gasteiger partial charge in [-0.05, 0) is 61.8 Å². The molecule has 238 valence electrons. The van der Waals surface area contributed by atoms with Gasteiger partial charge in [0.05, 0.1) is 29.5 Å². The molecule has 12 heteroatoms. The average Bonchev–Trinajstić information content (AvgIpc) is 3.34. The quantitative estimate of drug-likeness (QED) is 0.209. The lowest BCUT2D eigenvalue weighted by molar-refractivity contribution is -0.138. The maximum absolute atomic E-state index is 15.6. The second-order valence-electron chi connectivity index (χ2n) is 12.7. The van der Waals surface area contributed by atoms with Crippen LogP contribution in [0.1, 0.15) is 43.7 Å². The molecule has 0 radical (unpaired) electrons. The van der Waals surface area contributed by atoms with Crippen molar-refractivity contribution in [2.24, 2.45) is 5.73 Å². The second kappa shape index (κ2) is 13.3. The predicted molar refractivity (Wildman–Crippen MR) is 176 cm³/mol. The van der Waals surface area contributed by atoms with Gasteiger partial charge in [-0.3, -0.25) is 24.0 Å². The van der Waals surface area contributed by atoms with E-state index in [-0.39, 0.29) is 41.7 Å². The number of para-hydroxylation sites is 1. The highest BCUT2D eigenvalue weighted by molar-refractivity contribution is 6.74. The first kappa shape index (κ1) is 33.5. The molecule has 3 N–H and O–H groups in total. The van der Waals surface area contributed by atoms with E-state index >= 15 is 4.39 Å². The van der Waals surface area contributed by atoms with Gasteiger partial charge in [0.25, 0.3) is 5.91 Å². The average molecular weight is 633 g/mol. The van der Waals surface area contributed by atoms with Crippen molar-refractivity contribution < 1.29 is 23.2 Å². The number of nitrogens with zero attached hydrogens (tertiary/aromatic N) is 4. The molecule has 1 unspecified atom stereocenters. The number of rotatable bonds is 11. The number of fused-ring (bicyclic) bond motifs is 1. The topological polar surface area (TPSA) is 132 Å². The van der Waals surface area contributed by atoms with Crippen LogP contribution in [0.2, 0.25) is 18.1 Å². The zero-order valence-electron chi connectivity index (χ0n) is 26.8. The van der Waals surface area contributed by atoms with Crippen LogP contribution in [0.3, 0.4) is 0 Å². The normalized spacial score (nSPS) is 12.6. The van der Waals surface area contributed by atoms with E-state index in [1.54, 1.807) is 55.6 Å². The Hall–Kier alpha value is -4.42. The number of carbonyl (C=O) groups excluding carboxylic acids is 3. The van der Waals surface area contributed by atoms with Gasteiger partial charge in [-0.2, -0.15) is 5.10 Å². The summed E-state index contributed by atoms with van der Waals surface area (Å²) < 4.78 is 23.4. The Kier molecular flexibility index (Phi) is 9.88. The van der Waals surface area contributed by atoms with E-state index in [1.807, 2.05) is 13.0 Å². The number of carbonyl (C=O) groups is 3. The van der Waals surface area contributed by atoms with Crippen LogP contribution >= 0.6 is 0 Å². The zero-order valence-corrected chi connectivity index (χ0v) is 27.8. The molecule has 4 rings (SSSR count). The van der Waals surface area contributed by atoms with Crippen molar-refractivity contribution in [1.82, 2.24) is 19.7 Å². The molecule has 0 aliphatic heterocycles. The van der Waals surface area contributed by atoms with Crippen LogP contribution in [0.4, 0.5) is 10.1 Å². The first-order chi connectivity index (χ1) is 21.1. The second-order valence-corrected chi connectivity index (χ2v) is 17.5. The van der Waals surface area contributed by atoms with E-state index in [9.17, 15) is 14.4 Å². The lowest BCUT2D eigenvalue weighted by Gasteiger charge is -2.38. The highest BCUT2D eigenvalue weighted by Crippen LogP contribution is 2.36. The summed E-state index contributed by atoms with van der Waals surface area (Å²) >= 11 is 0. The van der Waals surface area contributed by atoms with Crippen molar-refractivity contribution in [1.29, 1.82) is 0 Å². The number of pyridine rings is 1. The highest BCUT2D eigenvalue weighted by Gasteiger charge is 2.38. The van der Waals surface area contributed by atoms with Gasteiger partial charge < -0.3 is 20.4 Å². The summed E-state index contributed by atoms with van der Waals surface area (Å²) in [6, 6.07) is 14.8. The fourth-order valence-electron chi connectivity index (χ4n) is 4.70. The van der Waals surface area contributed by atoms with Gasteiger partial charge in [0.1, 0.15) is 13.1 Å². The smallest absolute Gasteiger partial charge is 0.269 e. The molecule has 1 atom stereocenters. The molecule has 2 aromatic heterocycles. The number of halogens is 1. The summed E-state index contributed by atoms with van der Waals surface area (Å²) in [5, 5.41) is 7.40. The monoisotopic (exact) mass is 632 g/mol. The Bertz CT molecular complexity index is 1730. The first-order valence-electron chi connectivity index (χ1n) is 14.8. The summed E-state index contributed by atoms with van der Waals surface area (Å²) in [7, 11) is -2.18. The number of benzene rings is 2. The maximum Gasteiger partial charge on any atom is 0.269 e. The zero-order chi connectivity index (χ0) is 33.1. The number of amides is 3. The van der Waals surface area contributed by atoms with E-state index in [0.29, 0.717) is 16.6 Å². The molecule has 0 saturated heterocycles. The Labute approximate surface area is 263 Å². The molecule has 10 nitrogen and oxygen atoms in total. The van der Waals surface area contributed by atoms with Gasteiger partial charge in [0.15, 0.2) is 19.8 Å². The third-order valence-electron chi connectivity index (χ3n) is 8.37. The number of nitrogens with one attached hydrogen (secondary N) is 1. The van der Waals surface area contributed by atoms with Crippen LogP contribution in [0.25, 0.3) is 22.2 Å². The van der Waals surface area contributed by atoms with Crippen LogP contribution in [0.5, 0.6) is 0 Å². The molecule has 0 bridgehead atoms. The Morgan fingerprint density at radius 1 is 1.09 bits per heavy atom. The van der Waals surface area contributed by atoms with Crippen molar-refractivity contribution >= 4 is 42.6 Å². The number of aryl methyl sites for hydroxylation is 1. The van der Waals surface area contributed by atoms with Crippen LogP contribution in [0.15, 0.2) is 60.8 Å². The van der Waals surface area contributed by atoms with Crippen LogP contribution in [0, 0.1) is 12.7 Å². The molecule has 0 aliphatic carbocycles. The van der Waals surface area contributed by atoms with E-state index in [1.165, 1.54) is 15.6 Å². The third kappa shape index (κ3) is 7.46. The van der Waals surface area contributed by atoms with Gasteiger partial charge in [-0.1, -0.05) is 51.1 Å². The van der Waals surface area contributed by atoms with Crippen molar-refractivity contribution in [3.05, 3.63) is 77.9 Å². The summed E-state index contributed by atoms with van der Waals surface area (Å²) in [5.74, 6) is -2.35.